The van der Waals surface area contributed by atoms with Gasteiger partial charge in [0.1, 0.15) is 19.8 Å². The molecule has 0 heterocycles. The molecule has 0 N–H and O–H groups in total. The maximum atomic E-state index is 9.93. The number of halogens is 6. The summed E-state index contributed by atoms with van der Waals surface area (Å²) in [6.45, 7) is 9.76. The van der Waals surface area contributed by atoms with Crippen molar-refractivity contribution in [3.05, 3.63) is 0 Å². The van der Waals surface area contributed by atoms with Crippen molar-refractivity contribution < 1.29 is 21.2 Å². The van der Waals surface area contributed by atoms with Crippen LogP contribution in [0.3, 0.4) is 0 Å². The summed E-state index contributed by atoms with van der Waals surface area (Å²) in [6, 6.07) is 0. The Morgan fingerprint density at radius 1 is 0.714 bits per heavy atom. The van der Waals surface area contributed by atoms with E-state index in [1.54, 1.807) is 0 Å². The van der Waals surface area contributed by atoms with Crippen LogP contribution in [0.15, 0.2) is 0 Å². The molecular formula is C6H15F6OSb. The van der Waals surface area contributed by atoms with E-state index in [4.69, 9.17) is 0 Å². The molecule has 1 nitrogen and oxygen atoms in total. The van der Waals surface area contributed by atoms with Crippen LogP contribution in [0.25, 0.3) is 0 Å². The van der Waals surface area contributed by atoms with Crippen molar-refractivity contribution in [2.75, 3.05) is 19.8 Å². The molecule has 0 aliphatic heterocycles. The first kappa shape index (κ1) is 16.8. The Kier molecular flexibility index (Phi) is 5.36. The predicted molar refractivity (Wildman–Crippen MR) is 45.1 cm³/mol. The van der Waals surface area contributed by atoms with Gasteiger partial charge in [-0.25, -0.2) is 0 Å². The third-order valence-corrected chi connectivity index (χ3v) is 1.22. The summed E-state index contributed by atoms with van der Waals surface area (Å²) < 4.78 is 62.6. The second-order valence-electron chi connectivity index (χ2n) is 2.44. The molecule has 0 saturated carbocycles. The number of hydrogen-bond donors (Lipinski definition) is 0. The van der Waals surface area contributed by atoms with E-state index in [1.165, 1.54) is 0 Å². The van der Waals surface area contributed by atoms with Gasteiger partial charge in [-0.05, 0) is 0 Å². The van der Waals surface area contributed by atoms with Gasteiger partial charge in [0.15, 0.2) is 0 Å². The van der Waals surface area contributed by atoms with Crippen LogP contribution in [-0.4, -0.2) is 39.3 Å². The fourth-order valence-corrected chi connectivity index (χ4v) is 0.612. The van der Waals surface area contributed by atoms with E-state index >= 15 is 0 Å². The SMILES string of the molecule is CC[O+](CC)CC.[F][Sb-]([F])([F])([F])([F])[F]. The van der Waals surface area contributed by atoms with Crippen LogP contribution in [0.5, 0.6) is 0 Å². The summed E-state index contributed by atoms with van der Waals surface area (Å²) in [7, 11) is 0. The summed E-state index contributed by atoms with van der Waals surface area (Å²) >= 11 is -11.2. The second-order valence-corrected chi connectivity index (χ2v) is 7.91. The molecule has 0 rings (SSSR count). The molecule has 0 amide bonds. The summed E-state index contributed by atoms with van der Waals surface area (Å²) in [5.74, 6) is 0. The van der Waals surface area contributed by atoms with E-state index in [0.29, 0.717) is 0 Å². The topological polar surface area (TPSA) is 2.70 Å². The minimum atomic E-state index is -11.2. The van der Waals surface area contributed by atoms with Gasteiger partial charge >= 0.3 is 36.4 Å². The molecule has 0 aliphatic rings. The van der Waals surface area contributed by atoms with Gasteiger partial charge in [-0.2, -0.15) is 0 Å². The van der Waals surface area contributed by atoms with Crippen molar-refractivity contribution in [3.8, 4) is 0 Å². The summed E-state index contributed by atoms with van der Waals surface area (Å²) in [5, 5.41) is 0. The molecule has 0 unspecified atom stereocenters. The first-order valence-corrected chi connectivity index (χ1v) is 9.79. The fraction of sp³-hybridized carbons (Fsp3) is 1.00. The van der Waals surface area contributed by atoms with Crippen LogP contribution in [0.1, 0.15) is 20.8 Å². The van der Waals surface area contributed by atoms with E-state index in [2.05, 4.69) is 25.1 Å². The number of hydrogen-bond acceptors (Lipinski definition) is 0. The van der Waals surface area contributed by atoms with Crippen molar-refractivity contribution in [3.63, 3.8) is 0 Å². The molecule has 0 fully saturated rings. The maximum absolute atomic E-state index is 11.2. The van der Waals surface area contributed by atoms with Crippen molar-refractivity contribution in [1.82, 2.24) is 0 Å². The first-order chi connectivity index (χ1) is 5.80. The van der Waals surface area contributed by atoms with Gasteiger partial charge in [-0.1, -0.05) is 0 Å². The van der Waals surface area contributed by atoms with Gasteiger partial charge in [-0.15, -0.1) is 0 Å². The Morgan fingerprint density at radius 3 is 0.857 bits per heavy atom. The Bertz CT molecular complexity index is 139. The van der Waals surface area contributed by atoms with Crippen LogP contribution < -0.4 is 0 Å². The molecule has 0 spiro atoms. The molecule has 8 heteroatoms. The predicted octanol–water partition coefficient (Wildman–Crippen LogP) is 3.74. The average molecular weight is 339 g/mol. The van der Waals surface area contributed by atoms with Gasteiger partial charge in [0.2, 0.25) is 0 Å². The molecule has 0 saturated heterocycles. The Balaban J connectivity index is 0. The standard InChI is InChI=1S/C6H15O.6FH.Sb/c1-4-7(5-2)6-3;;;;;;;/h4-6H2,1-3H3;6*1H;/q+1;;;;;;;+5/p-6. The molecule has 0 aromatic carbocycles. The minimum absolute atomic E-state index is 1.10. The third-order valence-electron chi connectivity index (χ3n) is 1.22. The van der Waals surface area contributed by atoms with Crippen LogP contribution in [0.4, 0.5) is 16.9 Å². The van der Waals surface area contributed by atoms with Gasteiger partial charge in [0, 0.05) is 20.8 Å². The quantitative estimate of drug-likeness (QED) is 0.419. The molecule has 0 bridgehead atoms. The van der Waals surface area contributed by atoms with Crippen molar-refractivity contribution in [2.45, 2.75) is 20.8 Å². The monoisotopic (exact) mass is 338 g/mol. The van der Waals surface area contributed by atoms with E-state index in [1.807, 2.05) is 0 Å². The Hall–Kier alpha value is 0.358. The fourth-order valence-electron chi connectivity index (χ4n) is 0.612. The van der Waals surface area contributed by atoms with Crippen LogP contribution in [0.2, 0.25) is 0 Å². The van der Waals surface area contributed by atoms with Gasteiger partial charge < -0.3 is 4.37 Å². The number of rotatable bonds is 3. The summed E-state index contributed by atoms with van der Waals surface area (Å²) in [5.41, 5.74) is 0. The molecule has 92 valence electrons. The van der Waals surface area contributed by atoms with Crippen LogP contribution in [0, 0.1) is 0 Å². The van der Waals surface area contributed by atoms with Gasteiger partial charge in [-0.3, -0.25) is 0 Å². The third kappa shape index (κ3) is 39.4. The van der Waals surface area contributed by atoms with E-state index in [9.17, 15) is 16.9 Å². The van der Waals surface area contributed by atoms with Crippen LogP contribution >= 0.6 is 0 Å². The molecule has 14 heavy (non-hydrogen) atoms. The second kappa shape index (κ2) is 4.47. The van der Waals surface area contributed by atoms with Gasteiger partial charge in [0.25, 0.3) is 0 Å². The Labute approximate surface area is 81.6 Å². The zero-order valence-corrected chi connectivity index (χ0v) is 10.8. The zero-order valence-electron chi connectivity index (χ0n) is 8.24. The normalized spacial score (nSPS) is 16.7. The van der Waals surface area contributed by atoms with Crippen molar-refractivity contribution >= 4 is 19.5 Å². The van der Waals surface area contributed by atoms with Gasteiger partial charge in [0.05, 0.1) is 0 Å². The van der Waals surface area contributed by atoms with E-state index in [-0.39, 0.29) is 0 Å². The first-order valence-electron chi connectivity index (χ1n) is 4.00. The zero-order chi connectivity index (χ0) is 12.1. The van der Waals surface area contributed by atoms with E-state index < -0.39 is 19.5 Å². The molecular weight excluding hydrogens is 324 g/mol. The molecule has 0 aromatic heterocycles. The van der Waals surface area contributed by atoms with Crippen molar-refractivity contribution in [2.24, 2.45) is 0 Å². The van der Waals surface area contributed by atoms with Crippen molar-refractivity contribution in [1.29, 1.82) is 0 Å². The summed E-state index contributed by atoms with van der Waals surface area (Å²) in [4.78, 5) is 0. The van der Waals surface area contributed by atoms with Crippen LogP contribution in [-0.2, 0) is 4.37 Å². The molecule has 0 aromatic rings. The molecule has 0 aliphatic carbocycles. The van der Waals surface area contributed by atoms with E-state index in [0.717, 1.165) is 19.8 Å². The molecule has 0 radical (unpaired) electrons. The molecule has 0 atom stereocenters. The Morgan fingerprint density at radius 2 is 0.857 bits per heavy atom. The average Bonchev–Trinajstić information content (AvgIpc) is 1.84. The summed E-state index contributed by atoms with van der Waals surface area (Å²) in [6.07, 6.45) is 0.